The van der Waals surface area contributed by atoms with E-state index < -0.39 is 0 Å². The average molecular weight is 242 g/mol. The number of nitrogens with one attached hydrogen (secondary N) is 1. The highest BCUT2D eigenvalue weighted by atomic mass is 16.1. The third kappa shape index (κ3) is 2.07. The van der Waals surface area contributed by atoms with Crippen molar-refractivity contribution in [2.75, 3.05) is 5.73 Å². The third-order valence-electron chi connectivity index (χ3n) is 2.98. The van der Waals surface area contributed by atoms with E-state index in [9.17, 15) is 4.79 Å². The Morgan fingerprint density at radius 2 is 2.28 bits per heavy atom. The van der Waals surface area contributed by atoms with Gasteiger partial charge in [0.1, 0.15) is 0 Å². The number of rotatable bonds is 3. The van der Waals surface area contributed by atoms with Gasteiger partial charge in [-0.25, -0.2) is 4.98 Å². The lowest BCUT2D eigenvalue weighted by Crippen LogP contribution is -2.25. The Bertz CT molecular complexity index is 573. The van der Waals surface area contributed by atoms with Crippen molar-refractivity contribution in [2.24, 2.45) is 0 Å². The number of imidazole rings is 1. The van der Waals surface area contributed by atoms with E-state index in [-0.39, 0.29) is 5.91 Å². The maximum Gasteiger partial charge on any atom is 0.251 e. The van der Waals surface area contributed by atoms with Crippen LogP contribution in [-0.4, -0.2) is 21.5 Å². The number of nitrogens with two attached hydrogens (primary N) is 1. The fraction of sp³-hybridized carbons (Fsp3) is 0.231. The molecule has 1 aliphatic rings. The Kier molecular flexibility index (Phi) is 2.51. The van der Waals surface area contributed by atoms with Crippen molar-refractivity contribution in [2.45, 2.75) is 18.9 Å². The van der Waals surface area contributed by atoms with Gasteiger partial charge in [0.2, 0.25) is 0 Å². The van der Waals surface area contributed by atoms with E-state index in [2.05, 4.69) is 10.3 Å². The normalized spacial score (nSPS) is 14.4. The molecule has 5 nitrogen and oxygen atoms in total. The molecule has 5 heteroatoms. The molecule has 3 rings (SSSR count). The van der Waals surface area contributed by atoms with Crippen molar-refractivity contribution in [1.82, 2.24) is 14.9 Å². The van der Waals surface area contributed by atoms with E-state index in [4.69, 9.17) is 5.73 Å². The summed E-state index contributed by atoms with van der Waals surface area (Å²) in [6.07, 6.45) is 7.33. The smallest absolute Gasteiger partial charge is 0.251 e. The summed E-state index contributed by atoms with van der Waals surface area (Å²) in [5.41, 5.74) is 7.96. The Labute approximate surface area is 105 Å². The van der Waals surface area contributed by atoms with Crippen LogP contribution in [0, 0.1) is 0 Å². The van der Waals surface area contributed by atoms with Crippen molar-refractivity contribution in [3.05, 3.63) is 42.5 Å². The lowest BCUT2D eigenvalue weighted by Gasteiger charge is -2.09. The lowest BCUT2D eigenvalue weighted by atomic mass is 10.1. The maximum absolute atomic E-state index is 11.9. The van der Waals surface area contributed by atoms with Gasteiger partial charge in [0, 0.05) is 24.0 Å². The van der Waals surface area contributed by atoms with Crippen LogP contribution in [0.25, 0.3) is 5.69 Å². The number of nitrogen functional groups attached to an aromatic ring is 1. The number of hydrogen-bond donors (Lipinski definition) is 2. The van der Waals surface area contributed by atoms with Gasteiger partial charge in [0.15, 0.2) is 0 Å². The summed E-state index contributed by atoms with van der Waals surface area (Å²) in [5.74, 6) is -0.0543. The number of amides is 1. The van der Waals surface area contributed by atoms with Crippen LogP contribution in [-0.2, 0) is 0 Å². The first kappa shape index (κ1) is 10.8. The van der Waals surface area contributed by atoms with Crippen LogP contribution < -0.4 is 11.1 Å². The molecular formula is C13H14N4O. The zero-order valence-electron chi connectivity index (χ0n) is 9.84. The molecule has 0 saturated heterocycles. The molecule has 3 N–H and O–H groups in total. The van der Waals surface area contributed by atoms with E-state index in [1.807, 2.05) is 16.8 Å². The number of carbonyl (C=O) groups excluding carboxylic acids is 1. The second kappa shape index (κ2) is 4.18. The highest BCUT2D eigenvalue weighted by molar-refractivity contribution is 5.96. The van der Waals surface area contributed by atoms with Gasteiger partial charge in [-0.15, -0.1) is 0 Å². The SMILES string of the molecule is Nc1cc(C(=O)NC2CC2)ccc1-n1ccnc1. The van der Waals surface area contributed by atoms with Crippen LogP contribution in [0.4, 0.5) is 5.69 Å². The first-order valence-corrected chi connectivity index (χ1v) is 5.93. The summed E-state index contributed by atoms with van der Waals surface area (Å²) in [5, 5.41) is 2.94. The molecule has 1 aliphatic carbocycles. The number of hydrogen-bond acceptors (Lipinski definition) is 3. The predicted molar refractivity (Wildman–Crippen MR) is 68.5 cm³/mol. The third-order valence-corrected chi connectivity index (χ3v) is 2.98. The van der Waals surface area contributed by atoms with Gasteiger partial charge in [-0.1, -0.05) is 0 Å². The number of carbonyl (C=O) groups is 1. The predicted octanol–water partition coefficient (Wildman–Crippen LogP) is 1.35. The van der Waals surface area contributed by atoms with Crippen molar-refractivity contribution in [3.63, 3.8) is 0 Å². The van der Waals surface area contributed by atoms with E-state index in [1.54, 1.807) is 24.7 Å². The highest BCUT2D eigenvalue weighted by Crippen LogP contribution is 2.21. The highest BCUT2D eigenvalue weighted by Gasteiger charge is 2.23. The van der Waals surface area contributed by atoms with Crippen molar-refractivity contribution in [3.8, 4) is 5.69 Å². The fourth-order valence-electron chi connectivity index (χ4n) is 1.83. The molecule has 1 saturated carbocycles. The Morgan fingerprint density at radius 3 is 2.89 bits per heavy atom. The van der Waals surface area contributed by atoms with Gasteiger partial charge >= 0.3 is 0 Å². The fourth-order valence-corrected chi connectivity index (χ4v) is 1.83. The second-order valence-corrected chi connectivity index (χ2v) is 4.49. The van der Waals surface area contributed by atoms with Crippen LogP contribution in [0.2, 0.25) is 0 Å². The van der Waals surface area contributed by atoms with Gasteiger partial charge < -0.3 is 15.6 Å². The van der Waals surface area contributed by atoms with E-state index >= 15 is 0 Å². The molecule has 0 radical (unpaired) electrons. The zero-order valence-corrected chi connectivity index (χ0v) is 9.84. The molecule has 1 aromatic heterocycles. The monoisotopic (exact) mass is 242 g/mol. The first-order chi connectivity index (χ1) is 8.74. The van der Waals surface area contributed by atoms with E-state index in [0.717, 1.165) is 18.5 Å². The number of anilines is 1. The van der Waals surface area contributed by atoms with Crippen LogP contribution in [0.5, 0.6) is 0 Å². The molecule has 1 heterocycles. The van der Waals surface area contributed by atoms with Crippen molar-refractivity contribution in [1.29, 1.82) is 0 Å². The number of nitrogens with zero attached hydrogens (tertiary/aromatic N) is 2. The van der Waals surface area contributed by atoms with Crippen LogP contribution in [0.3, 0.4) is 0 Å². The molecule has 1 amide bonds. The zero-order chi connectivity index (χ0) is 12.5. The topological polar surface area (TPSA) is 72.9 Å². The minimum absolute atomic E-state index is 0.0543. The molecule has 2 aromatic rings. The molecule has 0 bridgehead atoms. The summed E-state index contributed by atoms with van der Waals surface area (Å²) in [6.45, 7) is 0. The average Bonchev–Trinajstić information content (AvgIpc) is 3.01. The van der Waals surface area contributed by atoms with Crippen LogP contribution in [0.15, 0.2) is 36.9 Å². The van der Waals surface area contributed by atoms with Crippen molar-refractivity contribution < 1.29 is 4.79 Å². The second-order valence-electron chi connectivity index (χ2n) is 4.49. The van der Waals surface area contributed by atoms with Gasteiger partial charge in [0.25, 0.3) is 5.91 Å². The summed E-state index contributed by atoms with van der Waals surface area (Å²) < 4.78 is 1.82. The number of aromatic nitrogens is 2. The summed E-state index contributed by atoms with van der Waals surface area (Å²) in [4.78, 5) is 15.8. The Hall–Kier alpha value is -2.30. The first-order valence-electron chi connectivity index (χ1n) is 5.93. The van der Waals surface area contributed by atoms with E-state index in [1.165, 1.54) is 0 Å². The molecule has 1 aromatic carbocycles. The molecule has 18 heavy (non-hydrogen) atoms. The Morgan fingerprint density at radius 1 is 1.44 bits per heavy atom. The molecule has 92 valence electrons. The molecule has 0 spiro atoms. The van der Waals surface area contributed by atoms with Gasteiger partial charge in [-0.05, 0) is 31.0 Å². The summed E-state index contributed by atoms with van der Waals surface area (Å²) in [7, 11) is 0. The summed E-state index contributed by atoms with van der Waals surface area (Å²) >= 11 is 0. The maximum atomic E-state index is 11.9. The van der Waals surface area contributed by atoms with Crippen LogP contribution >= 0.6 is 0 Å². The molecule has 0 atom stereocenters. The van der Waals surface area contributed by atoms with Gasteiger partial charge in [-0.2, -0.15) is 0 Å². The molecule has 1 fully saturated rings. The molecular weight excluding hydrogens is 228 g/mol. The minimum Gasteiger partial charge on any atom is -0.397 e. The summed E-state index contributed by atoms with van der Waals surface area (Å²) in [6, 6.07) is 5.67. The van der Waals surface area contributed by atoms with Gasteiger partial charge in [-0.3, -0.25) is 4.79 Å². The molecule has 0 unspecified atom stereocenters. The van der Waals surface area contributed by atoms with Crippen molar-refractivity contribution >= 4 is 11.6 Å². The van der Waals surface area contributed by atoms with E-state index in [0.29, 0.717) is 17.3 Å². The number of benzene rings is 1. The largest absolute Gasteiger partial charge is 0.397 e. The standard InChI is InChI=1S/C13H14N4O/c14-11-7-9(13(18)16-10-2-3-10)1-4-12(11)17-6-5-15-8-17/h1,4-8,10H,2-3,14H2,(H,16,18). The quantitative estimate of drug-likeness (QED) is 0.798. The minimum atomic E-state index is -0.0543. The Balaban J connectivity index is 1.86. The lowest BCUT2D eigenvalue weighted by molar-refractivity contribution is 0.0951. The van der Waals surface area contributed by atoms with Gasteiger partial charge in [0.05, 0.1) is 17.7 Å². The van der Waals surface area contributed by atoms with Crippen LogP contribution in [0.1, 0.15) is 23.2 Å². The molecule has 0 aliphatic heterocycles.